The minimum Gasteiger partial charge on any atom is -0.477 e. The highest BCUT2D eigenvalue weighted by Crippen LogP contribution is 2.30. The molecule has 1 aliphatic heterocycles. The van der Waals surface area contributed by atoms with Crippen molar-refractivity contribution in [1.29, 1.82) is 0 Å². The summed E-state index contributed by atoms with van der Waals surface area (Å²) < 4.78 is 18.8. The van der Waals surface area contributed by atoms with E-state index >= 15 is 0 Å². The number of halogens is 2. The van der Waals surface area contributed by atoms with Crippen molar-refractivity contribution < 1.29 is 23.8 Å². The Hall–Kier alpha value is -1.96. The van der Waals surface area contributed by atoms with E-state index in [0.717, 1.165) is 11.3 Å². The number of carboxylic acids is 1. The van der Waals surface area contributed by atoms with Crippen molar-refractivity contribution in [2.24, 2.45) is 0 Å². The van der Waals surface area contributed by atoms with Gasteiger partial charge in [0, 0.05) is 17.1 Å². The van der Waals surface area contributed by atoms with Crippen molar-refractivity contribution in [1.82, 2.24) is 4.90 Å². The lowest BCUT2D eigenvalue weighted by Crippen LogP contribution is -2.42. The summed E-state index contributed by atoms with van der Waals surface area (Å²) >= 11 is 7.00. The fourth-order valence-corrected chi connectivity index (χ4v) is 3.61. The Morgan fingerprint density at radius 3 is 2.71 bits per heavy atom. The maximum atomic E-state index is 13.2. The Labute approximate surface area is 146 Å². The molecule has 24 heavy (non-hydrogen) atoms. The van der Waals surface area contributed by atoms with Gasteiger partial charge in [0.05, 0.1) is 18.0 Å². The van der Waals surface area contributed by atoms with Crippen molar-refractivity contribution in [3.05, 3.63) is 56.5 Å². The first-order chi connectivity index (χ1) is 11.5. The van der Waals surface area contributed by atoms with Gasteiger partial charge in [-0.25, -0.2) is 9.18 Å². The molecule has 1 unspecified atom stereocenters. The number of hydrogen-bond acceptors (Lipinski definition) is 4. The molecule has 0 bridgehead atoms. The molecule has 126 valence electrons. The Morgan fingerprint density at radius 1 is 1.29 bits per heavy atom. The number of benzene rings is 1. The zero-order chi connectivity index (χ0) is 17.3. The van der Waals surface area contributed by atoms with Gasteiger partial charge in [-0.3, -0.25) is 4.79 Å². The minimum atomic E-state index is -1.06. The number of rotatable bonds is 3. The normalized spacial score (nSPS) is 17.8. The van der Waals surface area contributed by atoms with Crippen LogP contribution in [0.2, 0.25) is 5.02 Å². The van der Waals surface area contributed by atoms with E-state index < -0.39 is 17.9 Å². The van der Waals surface area contributed by atoms with Crippen LogP contribution in [0.4, 0.5) is 4.39 Å². The van der Waals surface area contributed by atoms with E-state index in [9.17, 15) is 14.0 Å². The third-order valence-electron chi connectivity index (χ3n) is 3.69. The van der Waals surface area contributed by atoms with Gasteiger partial charge in [-0.05, 0) is 24.3 Å². The van der Waals surface area contributed by atoms with Gasteiger partial charge in [0.1, 0.15) is 16.8 Å². The van der Waals surface area contributed by atoms with Crippen LogP contribution in [0.25, 0.3) is 0 Å². The zero-order valence-corrected chi connectivity index (χ0v) is 13.9. The third-order valence-corrected chi connectivity index (χ3v) is 5.08. The quantitative estimate of drug-likeness (QED) is 0.899. The maximum absolute atomic E-state index is 13.2. The summed E-state index contributed by atoms with van der Waals surface area (Å²) in [5, 5.41) is 9.20. The average Bonchev–Trinajstić information content (AvgIpc) is 3.04. The van der Waals surface area contributed by atoms with E-state index in [-0.39, 0.29) is 22.4 Å². The van der Waals surface area contributed by atoms with E-state index in [0.29, 0.717) is 23.6 Å². The Bertz CT molecular complexity index is 794. The van der Waals surface area contributed by atoms with Gasteiger partial charge in [0.25, 0.3) is 5.91 Å². The minimum absolute atomic E-state index is 0.115. The molecule has 1 aromatic carbocycles. The Morgan fingerprint density at radius 2 is 2.04 bits per heavy atom. The number of ether oxygens (including phenoxy) is 1. The molecule has 1 atom stereocenters. The Kier molecular flexibility index (Phi) is 4.84. The first-order valence-corrected chi connectivity index (χ1v) is 8.34. The van der Waals surface area contributed by atoms with Gasteiger partial charge in [-0.1, -0.05) is 17.7 Å². The number of morpholine rings is 1. The second-order valence-electron chi connectivity index (χ2n) is 5.25. The number of carbonyl (C=O) groups is 2. The van der Waals surface area contributed by atoms with E-state index in [1.165, 1.54) is 24.3 Å². The summed E-state index contributed by atoms with van der Waals surface area (Å²) in [6, 6.07) is 6.97. The van der Waals surface area contributed by atoms with Crippen LogP contribution in [0.5, 0.6) is 0 Å². The van der Waals surface area contributed by atoms with E-state index in [2.05, 4.69) is 0 Å². The predicted molar refractivity (Wildman–Crippen MR) is 87.3 cm³/mol. The summed E-state index contributed by atoms with van der Waals surface area (Å²) in [5.74, 6) is -1.75. The number of amides is 1. The second kappa shape index (κ2) is 6.88. The molecule has 0 aliphatic carbocycles. The molecule has 2 aromatic rings. The van der Waals surface area contributed by atoms with Gasteiger partial charge in [0.15, 0.2) is 0 Å². The highest BCUT2D eigenvalue weighted by Gasteiger charge is 2.28. The molecular weight excluding hydrogens is 357 g/mol. The molecule has 2 heterocycles. The monoisotopic (exact) mass is 369 g/mol. The smallest absolute Gasteiger partial charge is 0.345 e. The number of aromatic carboxylic acids is 1. The highest BCUT2D eigenvalue weighted by atomic mass is 35.5. The van der Waals surface area contributed by atoms with E-state index in [1.807, 2.05) is 0 Å². The van der Waals surface area contributed by atoms with E-state index in [1.54, 1.807) is 11.0 Å². The van der Waals surface area contributed by atoms with Crippen molar-refractivity contribution in [2.45, 2.75) is 6.10 Å². The van der Waals surface area contributed by atoms with Crippen LogP contribution in [-0.4, -0.2) is 41.6 Å². The largest absolute Gasteiger partial charge is 0.477 e. The summed E-state index contributed by atoms with van der Waals surface area (Å²) in [7, 11) is 0. The topological polar surface area (TPSA) is 66.8 Å². The number of nitrogens with zero attached hydrogens (tertiary/aromatic N) is 1. The molecule has 1 saturated heterocycles. The second-order valence-corrected chi connectivity index (χ2v) is 6.74. The van der Waals surface area contributed by atoms with Crippen LogP contribution in [-0.2, 0) is 4.74 Å². The first kappa shape index (κ1) is 16.9. The van der Waals surface area contributed by atoms with Crippen LogP contribution in [0.3, 0.4) is 0 Å². The molecule has 0 saturated carbocycles. The lowest BCUT2D eigenvalue weighted by molar-refractivity contribution is -0.0226. The molecule has 1 fully saturated rings. The first-order valence-electron chi connectivity index (χ1n) is 7.14. The fraction of sp³-hybridized carbons (Fsp3) is 0.250. The molecule has 1 amide bonds. The third kappa shape index (κ3) is 3.43. The van der Waals surface area contributed by atoms with Gasteiger partial charge < -0.3 is 14.7 Å². The lowest BCUT2D eigenvalue weighted by atomic mass is 10.1. The molecule has 1 N–H and O–H groups in total. The summed E-state index contributed by atoms with van der Waals surface area (Å²) in [4.78, 5) is 25.5. The van der Waals surface area contributed by atoms with Gasteiger partial charge in [-0.15, -0.1) is 11.3 Å². The molecule has 0 radical (unpaired) electrons. The van der Waals surface area contributed by atoms with Crippen molar-refractivity contribution in [2.75, 3.05) is 19.7 Å². The maximum Gasteiger partial charge on any atom is 0.345 e. The molecular formula is C16H13ClFNO4S. The molecule has 3 rings (SSSR count). The van der Waals surface area contributed by atoms with Crippen molar-refractivity contribution in [3.8, 4) is 0 Å². The number of carboxylic acid groups (broad SMARTS) is 1. The SMILES string of the molecule is O=C(O)c1ccc(C(=O)N2CCOC(c3ccc(F)cc3Cl)C2)s1. The van der Waals surface area contributed by atoms with Crippen LogP contribution in [0.1, 0.15) is 31.0 Å². The summed E-state index contributed by atoms with van der Waals surface area (Å²) in [5.41, 5.74) is 0.618. The predicted octanol–water partition coefficient (Wildman–Crippen LogP) is 3.45. The fourth-order valence-electron chi connectivity index (χ4n) is 2.51. The van der Waals surface area contributed by atoms with Crippen LogP contribution >= 0.6 is 22.9 Å². The average molecular weight is 370 g/mol. The molecule has 8 heteroatoms. The summed E-state index contributed by atoms with van der Waals surface area (Å²) in [6.07, 6.45) is -0.449. The molecule has 0 spiro atoms. The van der Waals surface area contributed by atoms with Crippen molar-refractivity contribution in [3.63, 3.8) is 0 Å². The highest BCUT2D eigenvalue weighted by molar-refractivity contribution is 7.15. The van der Waals surface area contributed by atoms with Crippen LogP contribution < -0.4 is 0 Å². The van der Waals surface area contributed by atoms with Crippen LogP contribution in [0.15, 0.2) is 30.3 Å². The molecule has 1 aliphatic rings. The standard InChI is InChI=1S/C16H13ClFNO4S/c17-11-7-9(18)1-2-10(11)12-8-19(5-6-23-12)15(20)13-3-4-14(24-13)16(21)22/h1-4,7,12H,5-6,8H2,(H,21,22). The number of hydrogen-bond donors (Lipinski definition) is 1. The van der Waals surface area contributed by atoms with Crippen molar-refractivity contribution >= 4 is 34.8 Å². The number of thiophene rings is 1. The number of carbonyl (C=O) groups excluding carboxylic acids is 1. The van der Waals surface area contributed by atoms with Gasteiger partial charge in [-0.2, -0.15) is 0 Å². The van der Waals surface area contributed by atoms with Crippen LogP contribution in [0, 0.1) is 5.82 Å². The Balaban J connectivity index is 1.77. The molecule has 1 aromatic heterocycles. The molecule has 5 nitrogen and oxygen atoms in total. The zero-order valence-electron chi connectivity index (χ0n) is 12.4. The van der Waals surface area contributed by atoms with Gasteiger partial charge >= 0.3 is 5.97 Å². The summed E-state index contributed by atoms with van der Waals surface area (Å²) in [6.45, 7) is 0.986. The lowest BCUT2D eigenvalue weighted by Gasteiger charge is -2.33. The van der Waals surface area contributed by atoms with E-state index in [4.69, 9.17) is 21.4 Å². The van der Waals surface area contributed by atoms with Gasteiger partial charge in [0.2, 0.25) is 0 Å².